The minimum absolute atomic E-state index is 0.00458. The number of Topliss-reactive ketones (excluding diaryl/α,β-unsaturated/α-hetero) is 2. The van der Waals surface area contributed by atoms with Gasteiger partial charge in [0.05, 0.1) is 6.10 Å². The highest BCUT2D eigenvalue weighted by atomic mass is 16.3. The van der Waals surface area contributed by atoms with Crippen LogP contribution in [0.5, 0.6) is 0 Å². The van der Waals surface area contributed by atoms with Crippen molar-refractivity contribution < 1.29 is 24.9 Å². The van der Waals surface area contributed by atoms with Gasteiger partial charge in [-0.15, -0.1) is 6.58 Å². The molecule has 3 aliphatic rings. The summed E-state index contributed by atoms with van der Waals surface area (Å²) >= 11 is 0. The average molecular weight is 344 g/mol. The number of hydrogen-bond acceptors (Lipinski definition) is 5. The minimum Gasteiger partial charge on any atom is -0.507 e. The first kappa shape index (κ1) is 17.8. The van der Waals surface area contributed by atoms with Gasteiger partial charge in [0.1, 0.15) is 11.9 Å². The fourth-order valence-electron chi connectivity index (χ4n) is 4.75. The molecule has 1 saturated carbocycles. The van der Waals surface area contributed by atoms with E-state index in [9.17, 15) is 24.9 Å². The molecule has 5 heteroatoms. The first-order valence-corrected chi connectivity index (χ1v) is 8.58. The maximum Gasteiger partial charge on any atom is 0.233 e. The van der Waals surface area contributed by atoms with Crippen molar-refractivity contribution in [3.8, 4) is 0 Å². The lowest BCUT2D eigenvalue weighted by Crippen LogP contribution is -2.56. The lowest BCUT2D eigenvalue weighted by Gasteiger charge is -2.53. The van der Waals surface area contributed by atoms with Gasteiger partial charge in [-0.25, -0.2) is 0 Å². The fraction of sp³-hybridized carbons (Fsp3) is 0.500. The number of aliphatic hydroxyl groups is 3. The van der Waals surface area contributed by atoms with Crippen molar-refractivity contribution >= 4 is 11.6 Å². The molecule has 0 radical (unpaired) electrons. The average Bonchev–Trinajstić information content (AvgIpc) is 2.56. The van der Waals surface area contributed by atoms with Crippen LogP contribution in [0.15, 0.2) is 47.3 Å². The van der Waals surface area contributed by atoms with Gasteiger partial charge in [0.15, 0.2) is 0 Å². The van der Waals surface area contributed by atoms with Gasteiger partial charge in [0.25, 0.3) is 0 Å². The third kappa shape index (κ3) is 2.22. The van der Waals surface area contributed by atoms with Crippen LogP contribution in [0.2, 0.25) is 0 Å². The van der Waals surface area contributed by atoms with E-state index in [1.54, 1.807) is 0 Å². The van der Waals surface area contributed by atoms with Crippen LogP contribution in [0, 0.1) is 17.3 Å². The number of carbonyl (C=O) groups is 2. The van der Waals surface area contributed by atoms with Crippen LogP contribution in [-0.2, 0) is 9.59 Å². The van der Waals surface area contributed by atoms with Crippen LogP contribution in [0.4, 0.5) is 0 Å². The number of carbonyl (C=O) groups excluding carboxylic acids is 2. The minimum atomic E-state index is -1.44. The van der Waals surface area contributed by atoms with E-state index in [1.165, 1.54) is 6.08 Å². The van der Waals surface area contributed by atoms with E-state index in [1.807, 2.05) is 13.8 Å². The van der Waals surface area contributed by atoms with Crippen LogP contribution >= 0.6 is 0 Å². The molecule has 0 aromatic heterocycles. The van der Waals surface area contributed by atoms with Crippen molar-refractivity contribution in [3.63, 3.8) is 0 Å². The number of aliphatic hydroxyl groups excluding tert-OH is 3. The van der Waals surface area contributed by atoms with Gasteiger partial charge in [-0.1, -0.05) is 32.1 Å². The molecular weight excluding hydrogens is 320 g/mol. The van der Waals surface area contributed by atoms with Gasteiger partial charge in [0.2, 0.25) is 11.6 Å². The summed E-state index contributed by atoms with van der Waals surface area (Å²) in [5, 5.41) is 32.0. The summed E-state index contributed by atoms with van der Waals surface area (Å²) in [7, 11) is 0. The summed E-state index contributed by atoms with van der Waals surface area (Å²) in [6.45, 7) is 11.4. The zero-order chi connectivity index (χ0) is 18.7. The van der Waals surface area contributed by atoms with Crippen LogP contribution < -0.4 is 0 Å². The highest BCUT2D eigenvalue weighted by molar-refractivity contribution is 6.50. The van der Waals surface area contributed by atoms with Crippen molar-refractivity contribution in [1.82, 2.24) is 0 Å². The molecule has 0 heterocycles. The Kier molecular flexibility index (Phi) is 4.12. The smallest absolute Gasteiger partial charge is 0.233 e. The molecule has 3 aliphatic carbocycles. The Morgan fingerprint density at radius 2 is 1.92 bits per heavy atom. The number of ketones is 2. The number of rotatable bonds is 2. The highest BCUT2D eigenvalue weighted by Gasteiger charge is 2.58. The molecular formula is C20H24O5. The Morgan fingerprint density at radius 1 is 1.28 bits per heavy atom. The molecule has 0 unspecified atom stereocenters. The molecule has 25 heavy (non-hydrogen) atoms. The first-order valence-electron chi connectivity index (χ1n) is 8.58. The summed E-state index contributed by atoms with van der Waals surface area (Å²) in [6.07, 6.45) is 0.155. The second kappa shape index (κ2) is 5.78. The van der Waals surface area contributed by atoms with E-state index in [0.29, 0.717) is 6.42 Å². The van der Waals surface area contributed by atoms with Gasteiger partial charge in [-0.05, 0) is 25.2 Å². The van der Waals surface area contributed by atoms with Gasteiger partial charge in [-0.3, -0.25) is 9.59 Å². The molecule has 0 spiro atoms. The van der Waals surface area contributed by atoms with Crippen molar-refractivity contribution in [2.24, 2.45) is 17.3 Å². The topological polar surface area (TPSA) is 94.8 Å². The van der Waals surface area contributed by atoms with Gasteiger partial charge >= 0.3 is 0 Å². The fourth-order valence-corrected chi connectivity index (χ4v) is 4.75. The third-order valence-corrected chi connectivity index (χ3v) is 6.21. The Balaban J connectivity index is 2.28. The molecule has 0 aromatic rings. The van der Waals surface area contributed by atoms with Gasteiger partial charge in [-0.2, -0.15) is 0 Å². The summed E-state index contributed by atoms with van der Waals surface area (Å²) < 4.78 is 0. The van der Waals surface area contributed by atoms with Crippen molar-refractivity contribution in [3.05, 3.63) is 47.3 Å². The Hall–Kier alpha value is -1.98. The SMILES string of the molecule is C=CCC1=C(O)C2=C(C(=O)C1=O)[C@@]1(C)CC[C@@H](C)C(=C)[C@@H]1[C@H](O)[C@H]2O. The molecule has 3 N–H and O–H groups in total. The molecule has 1 fully saturated rings. The summed E-state index contributed by atoms with van der Waals surface area (Å²) in [6, 6.07) is 0. The van der Waals surface area contributed by atoms with Gasteiger partial charge < -0.3 is 15.3 Å². The molecule has 3 rings (SSSR count). The second-order valence-electron chi connectivity index (χ2n) is 7.61. The lowest BCUT2D eigenvalue weighted by atomic mass is 9.51. The van der Waals surface area contributed by atoms with E-state index in [0.717, 1.165) is 12.0 Å². The molecule has 0 saturated heterocycles. The molecule has 0 aliphatic heterocycles. The Bertz CT molecular complexity index is 756. The van der Waals surface area contributed by atoms with Crippen LogP contribution in [-0.4, -0.2) is 39.1 Å². The third-order valence-electron chi connectivity index (χ3n) is 6.21. The number of allylic oxidation sites excluding steroid dienone is 3. The predicted molar refractivity (Wildman–Crippen MR) is 92.7 cm³/mol. The maximum absolute atomic E-state index is 12.9. The lowest BCUT2D eigenvalue weighted by molar-refractivity contribution is -0.135. The van der Waals surface area contributed by atoms with E-state index >= 15 is 0 Å². The van der Waals surface area contributed by atoms with E-state index in [2.05, 4.69) is 13.2 Å². The maximum atomic E-state index is 12.9. The standard InChI is InChI=1S/C20H24O5/c1-5-6-11-15(21)12-14(19(25)16(11)22)20(4)8-7-9(2)10(3)13(20)18(24)17(12)23/h5,9,13,17-18,21,23-24H,1,3,6-8H2,2,4H3/t9-,13-,17+,18+,20+/m1/s1. The van der Waals surface area contributed by atoms with E-state index in [-0.39, 0.29) is 29.1 Å². The molecule has 0 bridgehead atoms. The molecule has 134 valence electrons. The van der Waals surface area contributed by atoms with E-state index < -0.39 is 40.9 Å². The van der Waals surface area contributed by atoms with E-state index in [4.69, 9.17) is 0 Å². The molecule has 0 aromatic carbocycles. The second-order valence-corrected chi connectivity index (χ2v) is 7.61. The van der Waals surface area contributed by atoms with Crippen LogP contribution in [0.1, 0.15) is 33.1 Å². The summed E-state index contributed by atoms with van der Waals surface area (Å²) in [5.41, 5.74) is -0.00547. The van der Waals surface area contributed by atoms with Crippen molar-refractivity contribution in [2.45, 2.75) is 45.3 Å². The molecule has 5 nitrogen and oxygen atoms in total. The van der Waals surface area contributed by atoms with Gasteiger partial charge in [0, 0.05) is 28.1 Å². The zero-order valence-electron chi connectivity index (χ0n) is 14.6. The predicted octanol–water partition coefficient (Wildman–Crippen LogP) is 2.17. The Morgan fingerprint density at radius 3 is 2.52 bits per heavy atom. The van der Waals surface area contributed by atoms with Crippen molar-refractivity contribution in [1.29, 1.82) is 0 Å². The van der Waals surface area contributed by atoms with Crippen LogP contribution in [0.3, 0.4) is 0 Å². The van der Waals surface area contributed by atoms with Crippen LogP contribution in [0.25, 0.3) is 0 Å². The zero-order valence-corrected chi connectivity index (χ0v) is 14.6. The number of fused-ring (bicyclic) bond motifs is 2. The summed E-state index contributed by atoms with van der Waals surface area (Å²) in [4.78, 5) is 25.4. The molecule has 5 atom stereocenters. The number of hydrogen-bond donors (Lipinski definition) is 3. The Labute approximate surface area is 147 Å². The summed E-state index contributed by atoms with van der Waals surface area (Å²) in [5.74, 6) is -2.24. The van der Waals surface area contributed by atoms with Crippen molar-refractivity contribution in [2.75, 3.05) is 0 Å². The first-order chi connectivity index (χ1) is 11.7. The largest absolute Gasteiger partial charge is 0.507 e. The normalized spacial score (nSPS) is 38.6. The quantitative estimate of drug-likeness (QED) is 0.405. The highest BCUT2D eigenvalue weighted by Crippen LogP contribution is 2.58. The molecule has 0 amide bonds. The monoisotopic (exact) mass is 344 g/mol.